The minimum absolute atomic E-state index is 0.148. The highest BCUT2D eigenvalue weighted by Crippen LogP contribution is 2.49. The highest BCUT2D eigenvalue weighted by atomic mass is 16.6. The van der Waals surface area contributed by atoms with Crippen molar-refractivity contribution in [2.24, 2.45) is 11.8 Å². The normalized spacial score (nSPS) is 23.0. The molecule has 0 spiro atoms. The topological polar surface area (TPSA) is 78.9 Å². The number of carbonyl (C=O) groups is 3. The summed E-state index contributed by atoms with van der Waals surface area (Å²) >= 11 is 0. The zero-order valence-electron chi connectivity index (χ0n) is 21.9. The Morgan fingerprint density at radius 3 is 2.18 bits per heavy atom. The molecule has 1 heterocycles. The standard InChI is InChI=1S/C33H32O6/c1-22(34)37-26(18-17-23-11-5-2-6-12-23)19-27(24-13-7-3-8-14-24)32-28-20-31(35)38-29(28)21-30(32)39-33(36)25-15-9-4-10-16-25/h2-16,19,26,28-30,32H,17-18,20-21H2,1H3/b27-19-/t26-,28+,29+,30-,32+/m1/s1. The van der Waals surface area contributed by atoms with E-state index in [0.29, 0.717) is 18.4 Å². The number of hydrogen-bond acceptors (Lipinski definition) is 6. The molecule has 39 heavy (non-hydrogen) atoms. The number of benzene rings is 3. The van der Waals surface area contributed by atoms with Crippen LogP contribution in [0.4, 0.5) is 0 Å². The summed E-state index contributed by atoms with van der Waals surface area (Å²) in [5.41, 5.74) is 3.44. The molecule has 0 amide bonds. The molecule has 0 unspecified atom stereocenters. The van der Waals surface area contributed by atoms with E-state index in [2.05, 4.69) is 12.1 Å². The molecule has 0 bridgehead atoms. The van der Waals surface area contributed by atoms with Crippen LogP contribution in [0.3, 0.4) is 0 Å². The van der Waals surface area contributed by atoms with Crippen molar-refractivity contribution in [1.82, 2.24) is 0 Å². The predicted molar refractivity (Wildman–Crippen MR) is 146 cm³/mol. The summed E-state index contributed by atoms with van der Waals surface area (Å²) in [6.45, 7) is 1.41. The van der Waals surface area contributed by atoms with E-state index < -0.39 is 18.2 Å². The van der Waals surface area contributed by atoms with Crippen molar-refractivity contribution in [3.8, 4) is 0 Å². The fourth-order valence-corrected chi connectivity index (χ4v) is 5.77. The summed E-state index contributed by atoms with van der Waals surface area (Å²) in [5, 5.41) is 0. The van der Waals surface area contributed by atoms with E-state index in [0.717, 1.165) is 23.1 Å². The molecule has 1 aliphatic carbocycles. The van der Waals surface area contributed by atoms with Crippen molar-refractivity contribution in [1.29, 1.82) is 0 Å². The molecule has 0 radical (unpaired) electrons. The van der Waals surface area contributed by atoms with Crippen molar-refractivity contribution in [3.05, 3.63) is 114 Å². The lowest BCUT2D eigenvalue weighted by Gasteiger charge is -2.28. The van der Waals surface area contributed by atoms with Crippen LogP contribution in [0, 0.1) is 11.8 Å². The molecular formula is C33H32O6. The molecule has 6 nitrogen and oxygen atoms in total. The smallest absolute Gasteiger partial charge is 0.338 e. The van der Waals surface area contributed by atoms with Gasteiger partial charge >= 0.3 is 17.9 Å². The Labute approximate surface area is 228 Å². The van der Waals surface area contributed by atoms with Gasteiger partial charge in [0, 0.05) is 25.2 Å². The Morgan fingerprint density at radius 2 is 1.54 bits per heavy atom. The molecule has 5 atom stereocenters. The van der Waals surface area contributed by atoms with Gasteiger partial charge in [-0.25, -0.2) is 4.79 Å². The van der Waals surface area contributed by atoms with Crippen LogP contribution in [0.1, 0.15) is 47.7 Å². The molecule has 1 saturated heterocycles. The van der Waals surface area contributed by atoms with Crippen molar-refractivity contribution in [3.63, 3.8) is 0 Å². The Morgan fingerprint density at radius 1 is 0.923 bits per heavy atom. The molecular weight excluding hydrogens is 492 g/mol. The first kappa shape index (κ1) is 26.4. The maximum Gasteiger partial charge on any atom is 0.338 e. The van der Waals surface area contributed by atoms with Crippen molar-refractivity contribution in [2.75, 3.05) is 0 Å². The van der Waals surface area contributed by atoms with Gasteiger partial charge in [-0.1, -0.05) is 78.9 Å². The van der Waals surface area contributed by atoms with E-state index in [1.807, 2.05) is 60.7 Å². The average Bonchev–Trinajstić information content (AvgIpc) is 3.46. The molecule has 0 aromatic heterocycles. The van der Waals surface area contributed by atoms with Crippen LogP contribution in [-0.4, -0.2) is 36.2 Å². The fraction of sp³-hybridized carbons (Fsp3) is 0.303. The third-order valence-corrected chi connectivity index (χ3v) is 7.47. The molecule has 200 valence electrons. The van der Waals surface area contributed by atoms with Crippen molar-refractivity contribution >= 4 is 23.5 Å². The van der Waals surface area contributed by atoms with Crippen molar-refractivity contribution < 1.29 is 28.6 Å². The number of aryl methyl sites for hydroxylation is 1. The first-order chi connectivity index (χ1) is 19.0. The largest absolute Gasteiger partial charge is 0.462 e. The molecule has 1 aliphatic heterocycles. The lowest BCUT2D eigenvalue weighted by molar-refractivity contribution is -0.144. The number of carbonyl (C=O) groups excluding carboxylic acids is 3. The van der Waals surface area contributed by atoms with E-state index in [-0.39, 0.29) is 36.3 Å². The average molecular weight is 525 g/mol. The van der Waals surface area contributed by atoms with E-state index in [9.17, 15) is 14.4 Å². The van der Waals surface area contributed by atoms with E-state index in [1.54, 1.807) is 24.3 Å². The second-order valence-electron chi connectivity index (χ2n) is 10.1. The zero-order valence-corrected chi connectivity index (χ0v) is 21.9. The van der Waals surface area contributed by atoms with Crippen LogP contribution in [0.25, 0.3) is 5.57 Å². The van der Waals surface area contributed by atoms with Crippen LogP contribution in [-0.2, 0) is 30.2 Å². The molecule has 5 rings (SSSR count). The SMILES string of the molecule is CC(=O)O[C@@H](/C=C(/c1ccccc1)[C@H]1[C@H]2CC(=O)O[C@H]2C[C@H]1OC(=O)c1ccccc1)CCc1ccccc1. The maximum atomic E-state index is 13.1. The highest BCUT2D eigenvalue weighted by molar-refractivity contribution is 5.89. The van der Waals surface area contributed by atoms with Gasteiger partial charge in [0.2, 0.25) is 0 Å². The summed E-state index contributed by atoms with van der Waals surface area (Å²) in [6.07, 6.45) is 2.64. The fourth-order valence-electron chi connectivity index (χ4n) is 5.77. The minimum atomic E-state index is -0.501. The van der Waals surface area contributed by atoms with Gasteiger partial charge in [-0.05, 0) is 47.8 Å². The van der Waals surface area contributed by atoms with Gasteiger partial charge in [-0.15, -0.1) is 0 Å². The number of rotatable bonds is 9. The van der Waals surface area contributed by atoms with E-state index >= 15 is 0 Å². The Bertz CT molecular complexity index is 1320. The molecule has 1 saturated carbocycles. The monoisotopic (exact) mass is 524 g/mol. The van der Waals surface area contributed by atoms with E-state index in [4.69, 9.17) is 14.2 Å². The lowest BCUT2D eigenvalue weighted by atomic mass is 9.81. The Hall–Kier alpha value is -4.19. The molecule has 6 heteroatoms. The van der Waals surface area contributed by atoms with Crippen molar-refractivity contribution in [2.45, 2.75) is 50.9 Å². The summed E-state index contributed by atoms with van der Waals surface area (Å²) in [5.74, 6) is -1.47. The maximum absolute atomic E-state index is 13.1. The zero-order chi connectivity index (χ0) is 27.2. The number of ether oxygens (including phenoxy) is 3. The van der Waals surface area contributed by atoms with Crippen LogP contribution in [0.2, 0.25) is 0 Å². The summed E-state index contributed by atoms with van der Waals surface area (Å²) in [6, 6.07) is 28.8. The number of hydrogen-bond donors (Lipinski definition) is 0. The second-order valence-corrected chi connectivity index (χ2v) is 10.1. The summed E-state index contributed by atoms with van der Waals surface area (Å²) < 4.78 is 17.5. The first-order valence-electron chi connectivity index (χ1n) is 13.4. The van der Waals surface area contributed by atoms with Gasteiger partial charge in [0.25, 0.3) is 0 Å². The summed E-state index contributed by atoms with van der Waals surface area (Å²) in [4.78, 5) is 37.5. The Kier molecular flexibility index (Phi) is 8.21. The minimum Gasteiger partial charge on any atom is -0.462 e. The van der Waals surface area contributed by atoms with Gasteiger partial charge in [-0.3, -0.25) is 9.59 Å². The number of esters is 3. The van der Waals surface area contributed by atoms with Gasteiger partial charge in [0.15, 0.2) is 0 Å². The van der Waals surface area contributed by atoms with Crippen LogP contribution >= 0.6 is 0 Å². The predicted octanol–water partition coefficient (Wildman–Crippen LogP) is 5.81. The first-order valence-corrected chi connectivity index (χ1v) is 13.4. The van der Waals surface area contributed by atoms with Gasteiger partial charge in [0.05, 0.1) is 12.0 Å². The van der Waals surface area contributed by atoms with Crippen LogP contribution in [0.15, 0.2) is 97.1 Å². The lowest BCUT2D eigenvalue weighted by Crippen LogP contribution is -2.28. The molecule has 3 aromatic carbocycles. The third kappa shape index (κ3) is 6.45. The van der Waals surface area contributed by atoms with Gasteiger partial charge < -0.3 is 14.2 Å². The molecule has 0 N–H and O–H groups in total. The quantitative estimate of drug-likeness (QED) is 0.260. The van der Waals surface area contributed by atoms with E-state index in [1.165, 1.54) is 6.92 Å². The summed E-state index contributed by atoms with van der Waals surface area (Å²) in [7, 11) is 0. The molecule has 3 aromatic rings. The molecule has 2 aliphatic rings. The number of fused-ring (bicyclic) bond motifs is 1. The third-order valence-electron chi connectivity index (χ3n) is 7.47. The van der Waals surface area contributed by atoms with Crippen LogP contribution in [0.5, 0.6) is 0 Å². The second kappa shape index (κ2) is 12.1. The van der Waals surface area contributed by atoms with Crippen LogP contribution < -0.4 is 0 Å². The Balaban J connectivity index is 1.51. The highest BCUT2D eigenvalue weighted by Gasteiger charge is 2.53. The molecule has 2 fully saturated rings. The van der Waals surface area contributed by atoms with Gasteiger partial charge in [-0.2, -0.15) is 0 Å². The van der Waals surface area contributed by atoms with Gasteiger partial charge in [0.1, 0.15) is 18.3 Å².